The topological polar surface area (TPSA) is 93.1 Å². The average molecular weight is 367 g/mol. The van der Waals surface area contributed by atoms with Crippen molar-refractivity contribution in [3.63, 3.8) is 0 Å². The van der Waals surface area contributed by atoms with Gasteiger partial charge >= 0.3 is 5.97 Å². The van der Waals surface area contributed by atoms with E-state index < -0.39 is 23.7 Å². The first-order valence-corrected chi connectivity index (χ1v) is 8.50. The zero-order chi connectivity index (χ0) is 19.0. The van der Waals surface area contributed by atoms with Crippen LogP contribution in [0.3, 0.4) is 0 Å². The van der Waals surface area contributed by atoms with E-state index in [1.165, 1.54) is 0 Å². The van der Waals surface area contributed by atoms with Crippen molar-refractivity contribution in [2.45, 2.75) is 24.8 Å². The highest BCUT2D eigenvalue weighted by Gasteiger charge is 2.53. The minimum atomic E-state index is -1.37. The minimum Gasteiger partial charge on any atom is -0.481 e. The number of carboxylic acids is 1. The van der Waals surface area contributed by atoms with E-state index in [9.17, 15) is 19.5 Å². The molecule has 0 bridgehead atoms. The summed E-state index contributed by atoms with van der Waals surface area (Å²) in [6, 6.07) is 13.8. The number of nitrogens with zero attached hydrogens (tertiary/aromatic N) is 1. The lowest BCUT2D eigenvalue weighted by molar-refractivity contribution is -0.145. The van der Waals surface area contributed by atoms with Crippen molar-refractivity contribution in [2.24, 2.45) is 0 Å². The predicted octanol–water partition coefficient (Wildman–Crippen LogP) is 2.09. The number of benzene rings is 2. The van der Waals surface area contributed by atoms with Gasteiger partial charge in [-0.1, -0.05) is 36.4 Å². The van der Waals surface area contributed by atoms with E-state index in [1.54, 1.807) is 48.5 Å². The van der Waals surface area contributed by atoms with Gasteiger partial charge in [-0.2, -0.15) is 0 Å². The Morgan fingerprint density at radius 3 is 2.56 bits per heavy atom. The van der Waals surface area contributed by atoms with Crippen LogP contribution in [0.25, 0.3) is 0 Å². The van der Waals surface area contributed by atoms with Crippen LogP contribution in [-0.2, 0) is 26.3 Å². The molecule has 2 aliphatic rings. The Kier molecular flexibility index (Phi) is 4.07. The molecule has 0 spiro atoms. The number of likely N-dealkylation sites (tertiary alicyclic amines) is 1. The number of carbonyl (C=O) groups is 3. The smallest absolute Gasteiger partial charge is 0.304 e. The van der Waals surface area contributed by atoms with Crippen LogP contribution in [-0.4, -0.2) is 34.6 Å². The maximum Gasteiger partial charge on any atom is 0.304 e. The molecule has 2 amide bonds. The molecule has 2 aliphatic heterocycles. The summed E-state index contributed by atoms with van der Waals surface area (Å²) in [7, 11) is 0. The van der Waals surface area contributed by atoms with Crippen LogP contribution in [0.5, 0.6) is 11.5 Å². The third-order valence-corrected chi connectivity index (χ3v) is 4.97. The van der Waals surface area contributed by atoms with Crippen LogP contribution in [0.2, 0.25) is 0 Å². The number of hydrogen-bond donors (Lipinski definition) is 1. The van der Waals surface area contributed by atoms with Gasteiger partial charge in [0.2, 0.25) is 18.6 Å². The molecular weight excluding hydrogens is 350 g/mol. The fourth-order valence-corrected chi connectivity index (χ4v) is 3.66. The summed E-state index contributed by atoms with van der Waals surface area (Å²) in [5.74, 6) is -0.819. The van der Waals surface area contributed by atoms with Crippen molar-refractivity contribution in [2.75, 3.05) is 6.79 Å². The molecule has 27 heavy (non-hydrogen) atoms. The molecule has 1 N–H and O–H groups in total. The highest BCUT2D eigenvalue weighted by atomic mass is 16.7. The lowest BCUT2D eigenvalue weighted by Gasteiger charge is -2.25. The minimum absolute atomic E-state index is 0.0580. The Balaban J connectivity index is 1.66. The molecular formula is C20H17NO6. The van der Waals surface area contributed by atoms with Gasteiger partial charge < -0.3 is 14.6 Å². The van der Waals surface area contributed by atoms with Crippen molar-refractivity contribution in [3.05, 3.63) is 59.7 Å². The molecule has 7 nitrogen and oxygen atoms in total. The van der Waals surface area contributed by atoms with E-state index in [0.717, 1.165) is 4.90 Å². The molecule has 4 rings (SSSR count). The summed E-state index contributed by atoms with van der Waals surface area (Å²) in [6.07, 6.45) is -0.591. The molecule has 0 aromatic heterocycles. The molecule has 1 saturated heterocycles. The number of rotatable bonds is 5. The van der Waals surface area contributed by atoms with Gasteiger partial charge in [0.05, 0.1) is 18.4 Å². The molecule has 138 valence electrons. The molecule has 2 aromatic carbocycles. The van der Waals surface area contributed by atoms with Gasteiger partial charge in [0, 0.05) is 6.42 Å². The van der Waals surface area contributed by atoms with Gasteiger partial charge in [0.15, 0.2) is 11.5 Å². The van der Waals surface area contributed by atoms with Gasteiger partial charge in [-0.15, -0.1) is 0 Å². The highest BCUT2D eigenvalue weighted by molar-refractivity contribution is 6.10. The average Bonchev–Trinajstić information content (AvgIpc) is 3.21. The Labute approximate surface area is 155 Å². The third-order valence-electron chi connectivity index (χ3n) is 4.97. The third kappa shape index (κ3) is 2.91. The summed E-state index contributed by atoms with van der Waals surface area (Å²) < 4.78 is 10.6. The maximum absolute atomic E-state index is 13.2. The zero-order valence-corrected chi connectivity index (χ0v) is 14.4. The number of carboxylic acid groups (broad SMARTS) is 1. The van der Waals surface area contributed by atoms with Crippen LogP contribution in [0.15, 0.2) is 48.5 Å². The van der Waals surface area contributed by atoms with E-state index in [0.29, 0.717) is 22.6 Å². The monoisotopic (exact) mass is 367 g/mol. The second-order valence-corrected chi connectivity index (χ2v) is 6.67. The predicted molar refractivity (Wildman–Crippen MR) is 93.1 cm³/mol. The number of aliphatic carboxylic acids is 1. The Morgan fingerprint density at radius 2 is 1.81 bits per heavy atom. The summed E-state index contributed by atoms with van der Waals surface area (Å²) in [6.45, 7) is 0.193. The van der Waals surface area contributed by atoms with Crippen LogP contribution in [0, 0.1) is 0 Å². The quantitative estimate of drug-likeness (QED) is 0.814. The molecule has 2 heterocycles. The van der Waals surface area contributed by atoms with Crippen LogP contribution in [0.4, 0.5) is 0 Å². The Hall–Kier alpha value is -3.35. The standard InChI is InChI=1S/C20H17NO6/c22-17-9-20(10-18(23)24,14-4-2-1-3-5-14)19(25)21(17)11-13-6-7-15-16(8-13)27-12-26-15/h1-8H,9-12H2,(H,23,24). The lowest BCUT2D eigenvalue weighted by Crippen LogP contribution is -2.39. The summed E-state index contributed by atoms with van der Waals surface area (Å²) >= 11 is 0. The summed E-state index contributed by atoms with van der Waals surface area (Å²) in [5.41, 5.74) is -0.125. The SMILES string of the molecule is O=C(O)CC1(c2ccccc2)CC(=O)N(Cc2ccc3c(c2)OCO3)C1=O. The molecule has 0 aliphatic carbocycles. The molecule has 0 radical (unpaired) electrons. The van der Waals surface area contributed by atoms with Crippen molar-refractivity contribution in [3.8, 4) is 11.5 Å². The molecule has 1 unspecified atom stereocenters. The first-order chi connectivity index (χ1) is 13.0. The van der Waals surface area contributed by atoms with Crippen molar-refractivity contribution in [1.82, 2.24) is 4.90 Å². The van der Waals surface area contributed by atoms with Crippen LogP contribution >= 0.6 is 0 Å². The van der Waals surface area contributed by atoms with Crippen molar-refractivity contribution >= 4 is 17.8 Å². The summed E-state index contributed by atoms with van der Waals surface area (Å²) in [4.78, 5) is 38.4. The van der Waals surface area contributed by atoms with Gasteiger partial charge in [-0.25, -0.2) is 0 Å². The number of ether oxygens (including phenoxy) is 2. The van der Waals surface area contributed by atoms with Gasteiger partial charge in [0.25, 0.3) is 0 Å². The highest BCUT2D eigenvalue weighted by Crippen LogP contribution is 2.41. The zero-order valence-electron chi connectivity index (χ0n) is 14.4. The first-order valence-electron chi connectivity index (χ1n) is 8.50. The fourth-order valence-electron chi connectivity index (χ4n) is 3.66. The second kappa shape index (κ2) is 6.42. The fraction of sp³-hybridized carbons (Fsp3) is 0.250. The van der Waals surface area contributed by atoms with Gasteiger partial charge in [0.1, 0.15) is 0 Å². The molecule has 2 aromatic rings. The van der Waals surface area contributed by atoms with E-state index >= 15 is 0 Å². The molecule has 0 saturated carbocycles. The number of amides is 2. The van der Waals surface area contributed by atoms with Crippen LogP contribution < -0.4 is 9.47 Å². The second-order valence-electron chi connectivity index (χ2n) is 6.67. The number of carbonyl (C=O) groups excluding carboxylic acids is 2. The number of imide groups is 1. The first kappa shape index (κ1) is 17.1. The molecule has 7 heteroatoms. The van der Waals surface area contributed by atoms with Crippen molar-refractivity contribution < 1.29 is 29.0 Å². The van der Waals surface area contributed by atoms with E-state index in [1.807, 2.05) is 0 Å². The van der Waals surface area contributed by atoms with Crippen molar-refractivity contribution in [1.29, 1.82) is 0 Å². The maximum atomic E-state index is 13.2. The lowest BCUT2D eigenvalue weighted by atomic mass is 9.76. The number of hydrogen-bond acceptors (Lipinski definition) is 5. The number of fused-ring (bicyclic) bond motifs is 1. The van der Waals surface area contributed by atoms with Crippen LogP contribution in [0.1, 0.15) is 24.0 Å². The van der Waals surface area contributed by atoms with E-state index in [-0.39, 0.29) is 25.7 Å². The van der Waals surface area contributed by atoms with E-state index in [2.05, 4.69) is 0 Å². The molecule has 1 atom stereocenters. The summed E-state index contributed by atoms with van der Waals surface area (Å²) in [5, 5.41) is 9.37. The Morgan fingerprint density at radius 1 is 1.07 bits per heavy atom. The van der Waals surface area contributed by atoms with E-state index in [4.69, 9.17) is 9.47 Å². The Bertz CT molecular complexity index is 925. The normalized spacial score (nSPS) is 21.0. The molecule has 1 fully saturated rings. The van der Waals surface area contributed by atoms with Gasteiger partial charge in [-0.3, -0.25) is 19.3 Å². The largest absolute Gasteiger partial charge is 0.481 e. The van der Waals surface area contributed by atoms with Gasteiger partial charge in [-0.05, 0) is 23.3 Å².